The summed E-state index contributed by atoms with van der Waals surface area (Å²) in [6.07, 6.45) is -0.537. The van der Waals surface area contributed by atoms with Gasteiger partial charge in [0.25, 0.3) is 15.9 Å². The zero-order valence-electron chi connectivity index (χ0n) is 33.1. The normalized spacial score (nSPS) is 18.5. The number of likely N-dealkylation sites (tertiary alicyclic amines) is 1. The number of nitrogens with zero attached hydrogens (tertiary/aromatic N) is 2. The van der Waals surface area contributed by atoms with Crippen molar-refractivity contribution in [1.29, 1.82) is 0 Å². The molecule has 0 unspecified atom stereocenters. The Morgan fingerprint density at radius 2 is 1.68 bits per heavy atom. The Morgan fingerprint density at radius 3 is 2.28 bits per heavy atom. The van der Waals surface area contributed by atoms with Crippen molar-refractivity contribution in [3.8, 4) is 22.8 Å². The van der Waals surface area contributed by atoms with Crippen LogP contribution < -0.4 is 24.8 Å². The van der Waals surface area contributed by atoms with Gasteiger partial charge < -0.3 is 29.7 Å². The molecule has 6 rings (SSSR count). The first-order chi connectivity index (χ1) is 26.8. The van der Waals surface area contributed by atoms with Crippen molar-refractivity contribution in [3.05, 3.63) is 72.1 Å². The van der Waals surface area contributed by atoms with E-state index in [4.69, 9.17) is 19.2 Å². The number of ether oxygens (including phenoxy) is 3. The molecule has 0 radical (unpaired) electrons. The molecule has 4 aromatic rings. The number of alkyl carbamates (subject to hydrolysis) is 1. The Labute approximate surface area is 336 Å². The van der Waals surface area contributed by atoms with Gasteiger partial charge in [0.1, 0.15) is 45.0 Å². The van der Waals surface area contributed by atoms with Crippen LogP contribution in [0.2, 0.25) is 0 Å². The highest BCUT2D eigenvalue weighted by atomic mass is 32.2. The van der Waals surface area contributed by atoms with E-state index >= 15 is 0 Å². The zero-order chi connectivity index (χ0) is 41.3. The molecule has 0 bridgehead atoms. The summed E-state index contributed by atoms with van der Waals surface area (Å²) in [5.74, 6) is -1.000. The molecule has 4 amide bonds. The van der Waals surface area contributed by atoms with E-state index in [0.717, 1.165) is 16.9 Å². The number of amides is 4. The number of carbonyl (C=O) groups is 4. The molecule has 3 N–H and O–H groups in total. The molecule has 3 heterocycles. The number of rotatable bonds is 11. The largest absolute Gasteiger partial charge is 0.497 e. The first-order valence-corrected chi connectivity index (χ1v) is 21.1. The number of pyridine rings is 1. The Morgan fingerprint density at radius 1 is 0.965 bits per heavy atom. The van der Waals surface area contributed by atoms with Crippen LogP contribution in [0.25, 0.3) is 22.2 Å². The van der Waals surface area contributed by atoms with Gasteiger partial charge in [-0.15, -0.1) is 11.3 Å². The maximum Gasteiger partial charge on any atom is 0.408 e. The zero-order valence-corrected chi connectivity index (χ0v) is 34.7. The first-order valence-electron chi connectivity index (χ1n) is 18.7. The van der Waals surface area contributed by atoms with Crippen LogP contribution in [-0.4, -0.2) is 85.1 Å². The van der Waals surface area contributed by atoms with Crippen molar-refractivity contribution in [2.24, 2.45) is 5.41 Å². The monoisotopic (exact) mass is 819 g/mol. The second kappa shape index (κ2) is 16.0. The van der Waals surface area contributed by atoms with E-state index in [1.54, 1.807) is 72.2 Å². The number of hydrogen-bond donors (Lipinski definition) is 3. The molecule has 2 aromatic carbocycles. The highest BCUT2D eigenvalue weighted by molar-refractivity contribution is 7.92. The second-order valence-electron chi connectivity index (χ2n) is 16.5. The van der Waals surface area contributed by atoms with E-state index in [0.29, 0.717) is 34.5 Å². The lowest BCUT2D eigenvalue weighted by Gasteiger charge is -2.42. The van der Waals surface area contributed by atoms with Gasteiger partial charge in [-0.2, -0.15) is 0 Å². The van der Waals surface area contributed by atoms with Crippen LogP contribution in [0.4, 0.5) is 4.79 Å². The summed E-state index contributed by atoms with van der Waals surface area (Å²) in [6, 6.07) is 17.5. The Bertz CT molecular complexity index is 2250. The lowest BCUT2D eigenvalue weighted by atomic mass is 9.76. The van der Waals surface area contributed by atoms with Crippen molar-refractivity contribution in [1.82, 2.24) is 25.2 Å². The van der Waals surface area contributed by atoms with Gasteiger partial charge in [0, 0.05) is 29.5 Å². The smallest absolute Gasteiger partial charge is 0.408 e. The fourth-order valence-electron chi connectivity index (χ4n) is 6.90. The summed E-state index contributed by atoms with van der Waals surface area (Å²) in [5, 5.41) is 7.82. The maximum atomic E-state index is 14.7. The van der Waals surface area contributed by atoms with E-state index in [-0.39, 0.29) is 30.0 Å². The van der Waals surface area contributed by atoms with E-state index in [2.05, 4.69) is 15.4 Å². The lowest BCUT2D eigenvalue weighted by molar-refractivity contribution is -0.144. The molecule has 2 aromatic heterocycles. The Hall–Kier alpha value is -5.22. The van der Waals surface area contributed by atoms with E-state index in [1.807, 2.05) is 42.5 Å². The molecule has 2 aliphatic rings. The number of fused-ring (bicyclic) bond motifs is 1. The molecule has 1 aliphatic heterocycles. The third-order valence-electron chi connectivity index (χ3n) is 9.96. The van der Waals surface area contributed by atoms with Crippen molar-refractivity contribution in [2.75, 3.05) is 13.7 Å². The summed E-state index contributed by atoms with van der Waals surface area (Å²) >= 11 is 0.963. The Kier molecular flexibility index (Phi) is 11.6. The first kappa shape index (κ1) is 41.4. The molecule has 0 spiro atoms. The summed E-state index contributed by atoms with van der Waals surface area (Å²) in [5.41, 5.74) is -1.09. The van der Waals surface area contributed by atoms with Crippen LogP contribution in [0.15, 0.2) is 76.3 Å². The van der Waals surface area contributed by atoms with E-state index < -0.39 is 68.6 Å². The quantitative estimate of drug-likeness (QED) is 0.167. The molecule has 14 nitrogen and oxygen atoms in total. The number of carbonyl (C=O) groups excluding carboxylic acids is 4. The van der Waals surface area contributed by atoms with Crippen LogP contribution in [-0.2, 0) is 29.1 Å². The minimum Gasteiger partial charge on any atom is -0.497 e. The SMILES string of the molecule is COc1ccc2c(O[C@@H]3C[C@@H](C(=O)NC4(C(=O)NS(=O)(=O)c5cccs5)CCC4)N(C(=O)[C@@H](NC(=O)OC(C)(C)C)C(C)(C)C)C3)cc(-c3ccccc3)nc2c1. The van der Waals surface area contributed by atoms with Crippen molar-refractivity contribution in [2.45, 2.75) is 101 Å². The minimum absolute atomic E-state index is 0.0205. The van der Waals surface area contributed by atoms with Crippen LogP contribution in [0, 0.1) is 5.41 Å². The number of hydrogen-bond acceptors (Lipinski definition) is 11. The average Bonchev–Trinajstić information content (AvgIpc) is 3.82. The number of sulfonamides is 1. The van der Waals surface area contributed by atoms with Crippen LogP contribution in [0.1, 0.15) is 67.2 Å². The molecule has 1 aliphatic carbocycles. The molecule has 57 heavy (non-hydrogen) atoms. The maximum absolute atomic E-state index is 14.7. The van der Waals surface area contributed by atoms with Gasteiger partial charge in [0.2, 0.25) is 11.8 Å². The van der Waals surface area contributed by atoms with Crippen LogP contribution >= 0.6 is 11.3 Å². The number of methoxy groups -OCH3 is 1. The van der Waals surface area contributed by atoms with Crippen molar-refractivity contribution < 1.29 is 41.8 Å². The van der Waals surface area contributed by atoms with Gasteiger partial charge in [-0.3, -0.25) is 14.4 Å². The molecular weight excluding hydrogens is 771 g/mol. The van der Waals surface area contributed by atoms with Gasteiger partial charge in [0.05, 0.1) is 24.9 Å². The van der Waals surface area contributed by atoms with Gasteiger partial charge in [-0.25, -0.2) is 22.9 Å². The topological polar surface area (TPSA) is 182 Å². The highest BCUT2D eigenvalue weighted by Gasteiger charge is 2.51. The number of benzene rings is 2. The van der Waals surface area contributed by atoms with Gasteiger partial charge >= 0.3 is 6.09 Å². The third kappa shape index (κ3) is 9.33. The van der Waals surface area contributed by atoms with E-state index in [1.165, 1.54) is 11.0 Å². The average molecular weight is 820 g/mol. The van der Waals surface area contributed by atoms with E-state index in [9.17, 15) is 27.6 Å². The third-order valence-corrected chi connectivity index (χ3v) is 12.7. The lowest BCUT2D eigenvalue weighted by Crippen LogP contribution is -2.66. The highest BCUT2D eigenvalue weighted by Crippen LogP contribution is 2.37. The molecule has 2 fully saturated rings. The fourth-order valence-corrected chi connectivity index (χ4v) is 8.94. The summed E-state index contributed by atoms with van der Waals surface area (Å²) < 4.78 is 45.8. The van der Waals surface area contributed by atoms with Gasteiger partial charge in [0.15, 0.2) is 0 Å². The Balaban J connectivity index is 1.34. The van der Waals surface area contributed by atoms with Crippen molar-refractivity contribution >= 4 is 56.1 Å². The predicted molar refractivity (Wildman–Crippen MR) is 215 cm³/mol. The molecule has 304 valence electrons. The van der Waals surface area contributed by atoms with Crippen LogP contribution in [0.5, 0.6) is 11.5 Å². The number of nitrogens with one attached hydrogen (secondary N) is 3. The molecular formula is C41H49N5O9S2. The molecule has 1 saturated heterocycles. The summed E-state index contributed by atoms with van der Waals surface area (Å²) in [6.45, 7) is 10.4. The molecule has 3 atom stereocenters. The van der Waals surface area contributed by atoms with Gasteiger partial charge in [-0.1, -0.05) is 57.2 Å². The van der Waals surface area contributed by atoms with Crippen molar-refractivity contribution in [3.63, 3.8) is 0 Å². The summed E-state index contributed by atoms with van der Waals surface area (Å²) in [7, 11) is -2.61. The minimum atomic E-state index is -4.18. The summed E-state index contributed by atoms with van der Waals surface area (Å²) in [4.78, 5) is 62.1. The fraction of sp³-hybridized carbons (Fsp3) is 0.439. The number of aromatic nitrogens is 1. The second-order valence-corrected chi connectivity index (χ2v) is 19.3. The molecule has 16 heteroatoms. The van der Waals surface area contributed by atoms with Crippen LogP contribution in [0.3, 0.4) is 0 Å². The predicted octanol–water partition coefficient (Wildman–Crippen LogP) is 5.80. The standard InChI is InChI=1S/C41H49N5O9S2/c1-39(2,3)34(43-38(50)55-40(4,5)6)36(48)46-24-27(54-32-23-29(25-13-9-8-10-14-25)42-30-21-26(53-7)16-17-28(30)32)22-31(46)35(47)44-41(18-12-19-41)37(49)45-57(51,52)33-15-11-20-56-33/h8-11,13-17,20-21,23,27,31,34H,12,18-19,22,24H2,1-7H3,(H,43,50)(H,44,47)(H,45,49)/t27-,31+,34-/m1/s1. The number of thiophene rings is 1. The molecule has 1 saturated carbocycles. The van der Waals surface area contributed by atoms with Gasteiger partial charge in [-0.05, 0) is 69.0 Å².